The van der Waals surface area contributed by atoms with Gasteiger partial charge in [0.1, 0.15) is 15.6 Å². The highest BCUT2D eigenvalue weighted by Crippen LogP contribution is 2.36. The van der Waals surface area contributed by atoms with E-state index < -0.39 is 22.7 Å². The lowest BCUT2D eigenvalue weighted by Crippen LogP contribution is -2.07. The third kappa shape index (κ3) is 3.53. The molecule has 0 amide bonds. The van der Waals surface area contributed by atoms with Crippen molar-refractivity contribution in [1.29, 1.82) is 0 Å². The third-order valence-electron chi connectivity index (χ3n) is 4.09. The van der Waals surface area contributed by atoms with E-state index >= 15 is 0 Å². The Labute approximate surface area is 169 Å². The van der Waals surface area contributed by atoms with Crippen molar-refractivity contribution in [1.82, 2.24) is 29.5 Å². The first-order valence-electron chi connectivity index (χ1n) is 8.36. The van der Waals surface area contributed by atoms with Gasteiger partial charge in [0.05, 0.1) is 28.0 Å². The van der Waals surface area contributed by atoms with Gasteiger partial charge in [-0.1, -0.05) is 6.92 Å². The van der Waals surface area contributed by atoms with E-state index in [9.17, 15) is 17.4 Å². The van der Waals surface area contributed by atoms with E-state index in [1.807, 2.05) is 0 Å². The number of alkyl halides is 3. The molecule has 0 bridgehead atoms. The summed E-state index contributed by atoms with van der Waals surface area (Å²) in [6, 6.07) is 2.56. The summed E-state index contributed by atoms with van der Waals surface area (Å²) in [4.78, 5) is 20.7. The molecule has 4 rings (SSSR count). The van der Waals surface area contributed by atoms with E-state index in [1.54, 1.807) is 37.0 Å². The molecule has 0 fully saturated rings. The van der Waals surface area contributed by atoms with Crippen molar-refractivity contribution in [3.63, 3.8) is 0 Å². The lowest BCUT2D eigenvalue weighted by Gasteiger charge is -2.04. The molecule has 0 aliphatic rings. The van der Waals surface area contributed by atoms with E-state index in [2.05, 4.69) is 24.9 Å². The number of rotatable bonds is 4. The van der Waals surface area contributed by atoms with Gasteiger partial charge in [-0.3, -0.25) is 4.21 Å². The number of thiazole rings is 1. The fourth-order valence-electron chi connectivity index (χ4n) is 2.69. The van der Waals surface area contributed by atoms with Crippen LogP contribution < -0.4 is 0 Å². The second kappa shape index (κ2) is 7.26. The molecule has 150 valence electrons. The van der Waals surface area contributed by atoms with Crippen LogP contribution >= 0.6 is 11.3 Å². The van der Waals surface area contributed by atoms with Gasteiger partial charge in [0.2, 0.25) is 0 Å². The van der Waals surface area contributed by atoms with Crippen LogP contribution in [0.4, 0.5) is 13.2 Å². The Morgan fingerprint density at radius 1 is 1.17 bits per heavy atom. The summed E-state index contributed by atoms with van der Waals surface area (Å²) >= 11 is 1.18. The van der Waals surface area contributed by atoms with Crippen molar-refractivity contribution >= 4 is 33.2 Å². The number of imidazole rings is 1. The van der Waals surface area contributed by atoms with Crippen molar-refractivity contribution < 1.29 is 17.4 Å². The van der Waals surface area contributed by atoms with Crippen LogP contribution in [0.1, 0.15) is 12.6 Å². The van der Waals surface area contributed by atoms with Crippen molar-refractivity contribution in [2.24, 2.45) is 7.05 Å². The molecular weight excluding hydrogens is 425 g/mol. The monoisotopic (exact) mass is 438 g/mol. The predicted octanol–water partition coefficient (Wildman–Crippen LogP) is 3.70. The minimum absolute atomic E-state index is 0.128. The number of halogens is 3. The smallest absolute Gasteiger partial charge is 0.324 e. The van der Waals surface area contributed by atoms with Crippen LogP contribution in [0.25, 0.3) is 33.4 Å². The summed E-state index contributed by atoms with van der Waals surface area (Å²) in [5.41, 5.74) is -0.149. The SMILES string of the molecule is CCS(=O)c1sc(-c2ncccn2)nc1-c1nc2cc(C(F)(F)F)ncc2n1C. The van der Waals surface area contributed by atoms with Crippen LogP contribution in [0.15, 0.2) is 34.9 Å². The zero-order valence-electron chi connectivity index (χ0n) is 15.1. The highest BCUT2D eigenvalue weighted by atomic mass is 32.2. The van der Waals surface area contributed by atoms with E-state index in [4.69, 9.17) is 0 Å². The molecule has 0 saturated carbocycles. The van der Waals surface area contributed by atoms with Crippen LogP contribution in [0, 0.1) is 0 Å². The van der Waals surface area contributed by atoms with E-state index in [0.717, 1.165) is 12.3 Å². The molecule has 0 N–H and O–H groups in total. The number of hydrogen-bond donors (Lipinski definition) is 0. The topological polar surface area (TPSA) is 86.4 Å². The van der Waals surface area contributed by atoms with E-state index in [0.29, 0.717) is 37.8 Å². The summed E-state index contributed by atoms with van der Waals surface area (Å²) in [7, 11) is 0.297. The molecule has 0 spiro atoms. The Bertz CT molecular complexity index is 1220. The number of hydrogen-bond acceptors (Lipinski definition) is 7. The Balaban J connectivity index is 1.91. The average molecular weight is 438 g/mol. The summed E-state index contributed by atoms with van der Waals surface area (Å²) in [5, 5.41) is 0.457. The molecule has 0 radical (unpaired) electrons. The minimum Gasteiger partial charge on any atom is -0.324 e. The van der Waals surface area contributed by atoms with Crippen LogP contribution in [0.2, 0.25) is 0 Å². The minimum atomic E-state index is -4.57. The summed E-state index contributed by atoms with van der Waals surface area (Å²) < 4.78 is 53.6. The van der Waals surface area contributed by atoms with Crippen molar-refractivity contribution in [3.05, 3.63) is 36.4 Å². The largest absolute Gasteiger partial charge is 0.433 e. The Morgan fingerprint density at radius 3 is 2.55 bits per heavy atom. The lowest BCUT2D eigenvalue weighted by molar-refractivity contribution is -0.141. The standard InChI is InChI=1S/C17H13F3N6OS2/c1-3-29(27)16-12(25-15(28-16)13-21-5-4-6-22-13)14-24-9-7-11(17(18,19)20)23-8-10(9)26(14)2/h4-8H,3H2,1-2H3. The number of fused-ring (bicyclic) bond motifs is 1. The zero-order valence-corrected chi connectivity index (χ0v) is 16.8. The maximum absolute atomic E-state index is 13.0. The van der Waals surface area contributed by atoms with E-state index in [1.165, 1.54) is 11.3 Å². The second-order valence-corrected chi connectivity index (χ2v) is 8.85. The average Bonchev–Trinajstić information content (AvgIpc) is 3.29. The summed E-state index contributed by atoms with van der Waals surface area (Å²) in [6.45, 7) is 1.77. The van der Waals surface area contributed by atoms with Gasteiger partial charge in [-0.25, -0.2) is 24.9 Å². The van der Waals surface area contributed by atoms with Gasteiger partial charge in [0.15, 0.2) is 16.7 Å². The first-order chi connectivity index (χ1) is 13.8. The van der Waals surface area contributed by atoms with Crippen LogP contribution in [0.3, 0.4) is 0 Å². The maximum Gasteiger partial charge on any atom is 0.433 e. The number of aryl methyl sites for hydroxylation is 1. The molecule has 7 nitrogen and oxygen atoms in total. The molecule has 0 aliphatic carbocycles. The molecule has 1 unspecified atom stereocenters. The molecule has 4 aromatic heterocycles. The Hall–Kier alpha value is -2.73. The zero-order chi connectivity index (χ0) is 20.8. The van der Waals surface area contributed by atoms with Crippen LogP contribution in [0.5, 0.6) is 0 Å². The van der Waals surface area contributed by atoms with Gasteiger partial charge in [-0.15, -0.1) is 11.3 Å². The van der Waals surface area contributed by atoms with Gasteiger partial charge in [-0.05, 0) is 12.1 Å². The predicted molar refractivity (Wildman–Crippen MR) is 103 cm³/mol. The van der Waals surface area contributed by atoms with Gasteiger partial charge in [0.25, 0.3) is 0 Å². The first kappa shape index (κ1) is 19.6. The molecule has 29 heavy (non-hydrogen) atoms. The van der Waals surface area contributed by atoms with Gasteiger partial charge >= 0.3 is 6.18 Å². The number of nitrogens with zero attached hydrogens (tertiary/aromatic N) is 6. The summed E-state index contributed by atoms with van der Waals surface area (Å²) in [6.07, 6.45) is -0.309. The Morgan fingerprint density at radius 2 is 1.90 bits per heavy atom. The molecule has 4 heterocycles. The normalized spacial score (nSPS) is 13.1. The Kier molecular flexibility index (Phi) is 4.90. The summed E-state index contributed by atoms with van der Waals surface area (Å²) in [5.74, 6) is 1.03. The fraction of sp³-hybridized carbons (Fsp3) is 0.235. The van der Waals surface area contributed by atoms with Crippen LogP contribution in [-0.2, 0) is 24.0 Å². The second-order valence-electron chi connectivity index (χ2n) is 5.91. The maximum atomic E-state index is 13.0. The first-order valence-corrected chi connectivity index (χ1v) is 10.5. The molecule has 12 heteroatoms. The molecular formula is C17H13F3N6OS2. The highest BCUT2D eigenvalue weighted by molar-refractivity contribution is 7.87. The van der Waals surface area contributed by atoms with Crippen molar-refractivity contribution in [3.8, 4) is 22.4 Å². The van der Waals surface area contributed by atoms with Gasteiger partial charge < -0.3 is 4.57 Å². The molecule has 0 aromatic carbocycles. The highest BCUT2D eigenvalue weighted by Gasteiger charge is 2.33. The fourth-order valence-corrected chi connectivity index (χ4v) is 5.01. The number of aromatic nitrogens is 6. The van der Waals surface area contributed by atoms with E-state index in [-0.39, 0.29) is 5.52 Å². The van der Waals surface area contributed by atoms with Crippen molar-refractivity contribution in [2.45, 2.75) is 17.3 Å². The molecule has 0 saturated heterocycles. The quantitative estimate of drug-likeness (QED) is 0.483. The number of pyridine rings is 1. The molecule has 0 aliphatic heterocycles. The third-order valence-corrected chi connectivity index (χ3v) is 6.88. The van der Waals surface area contributed by atoms with Gasteiger partial charge in [0, 0.05) is 25.2 Å². The van der Waals surface area contributed by atoms with Gasteiger partial charge in [-0.2, -0.15) is 13.2 Å². The molecule has 4 aromatic rings. The lowest BCUT2D eigenvalue weighted by atomic mass is 10.3. The molecule has 1 atom stereocenters. The van der Waals surface area contributed by atoms with Crippen LogP contribution in [-0.4, -0.2) is 39.4 Å². The van der Waals surface area contributed by atoms with Crippen molar-refractivity contribution in [2.75, 3.05) is 5.75 Å².